The predicted octanol–water partition coefficient (Wildman–Crippen LogP) is 5.94. The minimum Gasteiger partial charge on any atom is -0.494 e. The van der Waals surface area contributed by atoms with Crippen molar-refractivity contribution >= 4 is 17.6 Å². The third-order valence-corrected chi connectivity index (χ3v) is 9.81. The summed E-state index contributed by atoms with van der Waals surface area (Å²) in [5.41, 5.74) is 2.82. The van der Waals surface area contributed by atoms with Crippen LogP contribution in [0.4, 0.5) is 5.69 Å². The van der Waals surface area contributed by atoms with Gasteiger partial charge in [0.25, 0.3) is 5.91 Å². The van der Waals surface area contributed by atoms with Crippen molar-refractivity contribution in [2.75, 3.05) is 78.8 Å². The van der Waals surface area contributed by atoms with E-state index in [9.17, 15) is 9.59 Å². The molecule has 2 aromatic carbocycles. The van der Waals surface area contributed by atoms with Crippen molar-refractivity contribution in [1.29, 1.82) is 0 Å². The van der Waals surface area contributed by atoms with Crippen molar-refractivity contribution in [2.45, 2.75) is 63.5 Å². The SMILES string of the molecule is COC(=O)CCOCCOCCOCCCCCCOc1cccc(C(C)NC(=O)c2cccc(NC3(c4nc(-c5ccncc5)n[nH]4)CCN(C)CC3)c2)c1. The molecule has 1 aliphatic heterocycles. The van der Waals surface area contributed by atoms with Crippen molar-refractivity contribution in [2.24, 2.45) is 0 Å². The number of likely N-dealkylation sites (tertiary alicyclic amines) is 1. The van der Waals surface area contributed by atoms with E-state index in [-0.39, 0.29) is 24.3 Å². The number of nitrogens with one attached hydrogen (secondary N) is 3. The number of ether oxygens (including phenoxy) is 5. The van der Waals surface area contributed by atoms with E-state index in [1.54, 1.807) is 12.4 Å². The Kier molecular flexibility index (Phi) is 17.1. The van der Waals surface area contributed by atoms with Crippen LogP contribution in [0.3, 0.4) is 0 Å². The lowest BCUT2D eigenvalue weighted by Crippen LogP contribution is -2.46. The summed E-state index contributed by atoms with van der Waals surface area (Å²) in [6.07, 6.45) is 9.41. The molecule has 0 saturated carbocycles. The van der Waals surface area contributed by atoms with Crippen LogP contribution in [0, 0.1) is 0 Å². The number of piperidine rings is 1. The predicted molar refractivity (Wildman–Crippen MR) is 213 cm³/mol. The van der Waals surface area contributed by atoms with E-state index >= 15 is 0 Å². The number of pyridine rings is 1. The number of aromatic nitrogens is 4. The molecule has 1 aliphatic rings. The molecule has 14 nitrogen and oxygen atoms in total. The van der Waals surface area contributed by atoms with Gasteiger partial charge in [0.1, 0.15) is 5.75 Å². The highest BCUT2D eigenvalue weighted by molar-refractivity contribution is 5.95. The van der Waals surface area contributed by atoms with Gasteiger partial charge in [-0.2, -0.15) is 5.10 Å². The van der Waals surface area contributed by atoms with Crippen LogP contribution in [0.5, 0.6) is 5.75 Å². The van der Waals surface area contributed by atoms with Gasteiger partial charge in [0.05, 0.1) is 64.8 Å². The van der Waals surface area contributed by atoms with E-state index in [0.717, 1.165) is 80.0 Å². The number of amides is 1. The molecule has 14 heteroatoms. The molecule has 1 fully saturated rings. The molecule has 4 aromatic rings. The van der Waals surface area contributed by atoms with Crippen molar-refractivity contribution < 1.29 is 33.3 Å². The smallest absolute Gasteiger partial charge is 0.307 e. The zero-order chi connectivity index (χ0) is 39.4. The molecule has 1 saturated heterocycles. The average Bonchev–Trinajstić information content (AvgIpc) is 3.73. The van der Waals surface area contributed by atoms with E-state index < -0.39 is 5.54 Å². The number of unbranched alkanes of at least 4 members (excludes halogenated alkanes) is 3. The fraction of sp³-hybridized carbons (Fsp3) is 0.500. The van der Waals surface area contributed by atoms with Gasteiger partial charge in [0.2, 0.25) is 0 Å². The standard InChI is InChI=1S/C42H57N7O7/c1-32(34-10-9-13-37(31-34)56-24-7-5-4-6-23-53-26-28-55-29-27-54-25-16-38(50)52-3)44-40(51)35-11-8-12-36(30-35)46-42(17-21-49(2)22-18-42)41-45-39(47-48-41)33-14-19-43-20-15-33/h8-15,19-20,30-32,46H,4-7,16-18,21-29H2,1-3H3,(H,44,51)(H,45,47,48). The van der Waals surface area contributed by atoms with Crippen molar-refractivity contribution in [3.8, 4) is 17.1 Å². The lowest BCUT2D eigenvalue weighted by Gasteiger charge is -2.40. The van der Waals surface area contributed by atoms with E-state index in [4.69, 9.17) is 23.9 Å². The summed E-state index contributed by atoms with van der Waals surface area (Å²) < 4.78 is 27.1. The van der Waals surface area contributed by atoms with Crippen molar-refractivity contribution in [3.63, 3.8) is 0 Å². The number of hydrogen-bond donors (Lipinski definition) is 3. The molecule has 0 aliphatic carbocycles. The normalized spacial score (nSPS) is 14.6. The minimum atomic E-state index is -0.467. The Bertz CT molecular complexity index is 1760. The van der Waals surface area contributed by atoms with Crippen LogP contribution < -0.4 is 15.4 Å². The van der Waals surface area contributed by atoms with Gasteiger partial charge >= 0.3 is 5.97 Å². The van der Waals surface area contributed by atoms with Gasteiger partial charge in [-0.05, 0) is 94.1 Å². The van der Waals surface area contributed by atoms with Crippen molar-refractivity contribution in [1.82, 2.24) is 30.4 Å². The number of aromatic amines is 1. The van der Waals surface area contributed by atoms with Gasteiger partial charge in [0, 0.05) is 48.9 Å². The lowest BCUT2D eigenvalue weighted by atomic mass is 9.86. The van der Waals surface area contributed by atoms with E-state index in [2.05, 4.69) is 42.5 Å². The molecule has 56 heavy (non-hydrogen) atoms. The summed E-state index contributed by atoms with van der Waals surface area (Å²) >= 11 is 0. The van der Waals surface area contributed by atoms with E-state index in [1.807, 2.05) is 67.6 Å². The zero-order valence-electron chi connectivity index (χ0n) is 33.0. The molecular weight excluding hydrogens is 715 g/mol. The first kappa shape index (κ1) is 42.3. The number of H-pyrrole nitrogens is 1. The summed E-state index contributed by atoms with van der Waals surface area (Å²) in [6.45, 7) is 7.39. The Morgan fingerprint density at radius 1 is 0.857 bits per heavy atom. The van der Waals surface area contributed by atoms with Crippen LogP contribution in [0.25, 0.3) is 11.4 Å². The molecule has 3 N–H and O–H groups in total. The van der Waals surface area contributed by atoms with E-state index in [0.29, 0.717) is 57.6 Å². The number of nitrogens with zero attached hydrogens (tertiary/aromatic N) is 4. The minimum absolute atomic E-state index is 0.153. The lowest BCUT2D eigenvalue weighted by molar-refractivity contribution is -0.141. The fourth-order valence-electron chi connectivity index (χ4n) is 6.43. The van der Waals surface area contributed by atoms with E-state index in [1.165, 1.54) is 7.11 Å². The molecule has 302 valence electrons. The Hall–Kier alpha value is -4.89. The first-order valence-corrected chi connectivity index (χ1v) is 19.6. The summed E-state index contributed by atoms with van der Waals surface area (Å²) in [6, 6.07) is 19.1. The molecule has 0 bridgehead atoms. The van der Waals surface area contributed by atoms with Gasteiger partial charge in [-0.25, -0.2) is 4.98 Å². The monoisotopic (exact) mass is 771 g/mol. The second-order valence-corrected chi connectivity index (χ2v) is 14.0. The molecule has 0 radical (unpaired) electrons. The van der Waals surface area contributed by atoms with Crippen LogP contribution in [0.2, 0.25) is 0 Å². The number of carbonyl (C=O) groups excluding carboxylic acids is 2. The van der Waals surface area contributed by atoms with Crippen LogP contribution in [0.1, 0.15) is 79.7 Å². The third kappa shape index (κ3) is 13.4. The second-order valence-electron chi connectivity index (χ2n) is 14.0. The van der Waals surface area contributed by atoms with Gasteiger partial charge in [-0.1, -0.05) is 24.6 Å². The highest BCUT2D eigenvalue weighted by atomic mass is 16.5. The maximum absolute atomic E-state index is 13.5. The second kappa shape index (κ2) is 22.6. The summed E-state index contributed by atoms with van der Waals surface area (Å²) in [7, 11) is 3.49. The van der Waals surface area contributed by atoms with Gasteiger partial charge < -0.3 is 39.2 Å². The summed E-state index contributed by atoms with van der Waals surface area (Å²) in [5, 5.41) is 14.6. The number of hydrogen-bond acceptors (Lipinski definition) is 12. The Morgan fingerprint density at radius 2 is 1.55 bits per heavy atom. The molecular formula is C42H57N7O7. The number of esters is 1. The van der Waals surface area contributed by atoms with Crippen molar-refractivity contribution in [3.05, 3.63) is 90.0 Å². The highest BCUT2D eigenvalue weighted by Gasteiger charge is 2.39. The molecule has 1 amide bonds. The van der Waals surface area contributed by atoms with Gasteiger partial charge in [0.15, 0.2) is 11.6 Å². The first-order chi connectivity index (χ1) is 27.3. The molecule has 3 heterocycles. The van der Waals surface area contributed by atoms with Crippen LogP contribution >= 0.6 is 0 Å². The number of methoxy groups -OCH3 is 1. The fourth-order valence-corrected chi connectivity index (χ4v) is 6.43. The van der Waals surface area contributed by atoms with Crippen LogP contribution in [-0.4, -0.2) is 110 Å². The number of carbonyl (C=O) groups is 2. The molecule has 5 rings (SSSR count). The summed E-state index contributed by atoms with van der Waals surface area (Å²) in [5.74, 6) is 1.76. The largest absolute Gasteiger partial charge is 0.494 e. The quantitative estimate of drug-likeness (QED) is 0.0569. The average molecular weight is 772 g/mol. The third-order valence-electron chi connectivity index (χ3n) is 9.81. The maximum Gasteiger partial charge on any atom is 0.307 e. The zero-order valence-corrected chi connectivity index (χ0v) is 33.0. The number of benzene rings is 2. The number of anilines is 1. The Labute approximate surface area is 330 Å². The van der Waals surface area contributed by atoms with Crippen LogP contribution in [-0.2, 0) is 29.3 Å². The molecule has 1 atom stereocenters. The topological polar surface area (TPSA) is 162 Å². The Balaban J connectivity index is 1.01. The highest BCUT2D eigenvalue weighted by Crippen LogP contribution is 2.35. The maximum atomic E-state index is 13.5. The Morgan fingerprint density at radius 3 is 2.30 bits per heavy atom. The molecule has 2 aromatic heterocycles. The van der Waals surface area contributed by atoms with Gasteiger partial charge in [-0.15, -0.1) is 0 Å². The molecule has 1 unspecified atom stereocenters. The first-order valence-electron chi connectivity index (χ1n) is 19.6. The summed E-state index contributed by atoms with van der Waals surface area (Å²) in [4.78, 5) is 35.9. The number of rotatable bonds is 24. The van der Waals surface area contributed by atoms with Gasteiger partial charge in [-0.3, -0.25) is 19.7 Å². The van der Waals surface area contributed by atoms with Crippen LogP contribution in [0.15, 0.2) is 73.1 Å². The molecule has 0 spiro atoms.